The van der Waals surface area contributed by atoms with Crippen molar-refractivity contribution in [1.29, 1.82) is 0 Å². The van der Waals surface area contributed by atoms with Crippen LogP contribution in [0.1, 0.15) is 77.5 Å². The van der Waals surface area contributed by atoms with E-state index in [2.05, 4.69) is 29.3 Å². The van der Waals surface area contributed by atoms with Crippen LogP contribution in [0.3, 0.4) is 0 Å². The lowest BCUT2D eigenvalue weighted by Gasteiger charge is -2.57. The third-order valence-corrected chi connectivity index (χ3v) is 10.3. The zero-order chi connectivity index (χ0) is 21.8. The molecule has 4 aliphatic carbocycles. The molecule has 0 amide bonds. The van der Waals surface area contributed by atoms with Crippen molar-refractivity contribution in [1.82, 2.24) is 20.2 Å². The molecule has 31 heavy (non-hydrogen) atoms. The second-order valence-corrected chi connectivity index (χ2v) is 11.9. The van der Waals surface area contributed by atoms with Crippen molar-refractivity contribution in [3.05, 3.63) is 5.82 Å². The van der Waals surface area contributed by atoms with Gasteiger partial charge in [0.2, 0.25) is 0 Å². The average Bonchev–Trinajstić information content (AvgIpc) is 3.29. The monoisotopic (exact) mass is 430 g/mol. The molecule has 4 aliphatic rings. The van der Waals surface area contributed by atoms with Crippen molar-refractivity contribution in [3.8, 4) is 0 Å². The molecule has 4 saturated carbocycles. The van der Waals surface area contributed by atoms with Crippen LogP contribution in [-0.2, 0) is 11.3 Å². The Morgan fingerprint density at radius 3 is 2.65 bits per heavy atom. The molecule has 1 heterocycles. The van der Waals surface area contributed by atoms with Gasteiger partial charge < -0.3 is 9.84 Å². The fourth-order valence-electron chi connectivity index (χ4n) is 9.12. The molecular weight excluding hydrogens is 388 g/mol. The molecule has 174 valence electrons. The lowest BCUT2D eigenvalue weighted by Crippen LogP contribution is -2.52. The maximum Gasteiger partial charge on any atom is 0.171 e. The summed E-state index contributed by atoms with van der Waals surface area (Å²) in [7, 11) is 1.72. The molecule has 0 saturated heterocycles. The molecule has 0 aromatic carbocycles. The predicted octanol–water partition coefficient (Wildman–Crippen LogP) is 4.26. The highest BCUT2D eigenvalue weighted by Gasteiger charge is 2.58. The Labute approximate surface area is 187 Å². The molecule has 1 aromatic heterocycles. The normalized spacial score (nSPS) is 45.6. The van der Waals surface area contributed by atoms with Crippen LogP contribution < -0.4 is 0 Å². The van der Waals surface area contributed by atoms with Gasteiger partial charge in [0.05, 0.1) is 18.8 Å². The predicted molar refractivity (Wildman–Crippen MR) is 119 cm³/mol. The minimum absolute atomic E-state index is 0.467. The molecule has 0 radical (unpaired) electrons. The van der Waals surface area contributed by atoms with Gasteiger partial charge in [-0.05, 0) is 117 Å². The van der Waals surface area contributed by atoms with Crippen LogP contribution in [-0.4, -0.2) is 44.6 Å². The van der Waals surface area contributed by atoms with Gasteiger partial charge in [-0.1, -0.05) is 13.8 Å². The van der Waals surface area contributed by atoms with Gasteiger partial charge >= 0.3 is 0 Å². The van der Waals surface area contributed by atoms with E-state index in [0.717, 1.165) is 54.8 Å². The Hall–Kier alpha value is -1.01. The summed E-state index contributed by atoms with van der Waals surface area (Å²) in [5, 5.41) is 23.7. The van der Waals surface area contributed by atoms with E-state index in [1.807, 2.05) is 11.7 Å². The van der Waals surface area contributed by atoms with E-state index < -0.39 is 5.60 Å². The Kier molecular flexibility index (Phi) is 5.69. The molecule has 5 rings (SSSR count). The first-order chi connectivity index (χ1) is 14.8. The van der Waals surface area contributed by atoms with E-state index in [-0.39, 0.29) is 0 Å². The van der Waals surface area contributed by atoms with Crippen molar-refractivity contribution in [2.45, 2.75) is 90.7 Å². The first kappa shape index (κ1) is 21.8. The SMILES string of the molecule is COC[C@@]1(O)CC[C@H]2[C@@H](CC[C@@H]3[C@@H]2CC[C@]2(C)[C@@H](C(C)Cn4nnc(C)n4)CC[C@@H]32)C1. The van der Waals surface area contributed by atoms with Crippen LogP contribution in [0.5, 0.6) is 0 Å². The molecule has 1 aromatic rings. The average molecular weight is 431 g/mol. The topological polar surface area (TPSA) is 73.1 Å². The number of fused-ring (bicyclic) bond motifs is 5. The first-order valence-electron chi connectivity index (χ1n) is 12.8. The van der Waals surface area contributed by atoms with Gasteiger partial charge in [0.15, 0.2) is 5.82 Å². The number of aliphatic hydroxyl groups is 1. The van der Waals surface area contributed by atoms with E-state index in [0.29, 0.717) is 23.9 Å². The van der Waals surface area contributed by atoms with Crippen LogP contribution in [0.4, 0.5) is 0 Å². The zero-order valence-corrected chi connectivity index (χ0v) is 20.0. The quantitative estimate of drug-likeness (QED) is 0.755. The summed E-state index contributed by atoms with van der Waals surface area (Å²) in [4.78, 5) is 1.82. The van der Waals surface area contributed by atoms with Crippen LogP contribution in [0.2, 0.25) is 0 Å². The van der Waals surface area contributed by atoms with Gasteiger partial charge in [-0.2, -0.15) is 4.80 Å². The second kappa shape index (κ2) is 8.09. The van der Waals surface area contributed by atoms with Crippen molar-refractivity contribution >= 4 is 0 Å². The van der Waals surface area contributed by atoms with Crippen LogP contribution in [0, 0.1) is 53.8 Å². The number of aromatic nitrogens is 4. The number of nitrogens with zero attached hydrogens (tertiary/aromatic N) is 4. The fraction of sp³-hybridized carbons (Fsp3) is 0.960. The minimum Gasteiger partial charge on any atom is -0.387 e. The molecule has 9 atom stereocenters. The van der Waals surface area contributed by atoms with Gasteiger partial charge in [-0.3, -0.25) is 0 Å². The van der Waals surface area contributed by atoms with Crippen LogP contribution in [0.25, 0.3) is 0 Å². The maximum absolute atomic E-state index is 11.0. The summed E-state index contributed by atoms with van der Waals surface area (Å²) in [6, 6.07) is 0. The van der Waals surface area contributed by atoms with E-state index in [4.69, 9.17) is 4.74 Å². The highest BCUT2D eigenvalue weighted by molar-refractivity contribution is 5.07. The molecular formula is C25H42N4O2. The Morgan fingerprint density at radius 1 is 1.10 bits per heavy atom. The van der Waals surface area contributed by atoms with E-state index in [9.17, 15) is 5.11 Å². The fourth-order valence-corrected chi connectivity index (χ4v) is 9.12. The summed E-state index contributed by atoms with van der Waals surface area (Å²) in [6.45, 7) is 8.35. The summed E-state index contributed by atoms with van der Waals surface area (Å²) in [5.41, 5.74) is -0.109. The van der Waals surface area contributed by atoms with Crippen molar-refractivity contribution in [2.24, 2.45) is 46.8 Å². The molecule has 0 aliphatic heterocycles. The number of hydrogen-bond acceptors (Lipinski definition) is 5. The number of methoxy groups -OCH3 is 1. The van der Waals surface area contributed by atoms with Gasteiger partial charge in [0.25, 0.3) is 0 Å². The zero-order valence-electron chi connectivity index (χ0n) is 20.0. The third kappa shape index (κ3) is 3.76. The minimum atomic E-state index is -0.576. The molecule has 1 unspecified atom stereocenters. The van der Waals surface area contributed by atoms with E-state index in [1.54, 1.807) is 7.11 Å². The molecule has 0 bridgehead atoms. The van der Waals surface area contributed by atoms with Crippen molar-refractivity contribution in [3.63, 3.8) is 0 Å². The smallest absolute Gasteiger partial charge is 0.171 e. The highest BCUT2D eigenvalue weighted by Crippen LogP contribution is 2.65. The van der Waals surface area contributed by atoms with Crippen molar-refractivity contribution in [2.75, 3.05) is 13.7 Å². The van der Waals surface area contributed by atoms with Gasteiger partial charge in [0.1, 0.15) is 0 Å². The first-order valence-corrected chi connectivity index (χ1v) is 12.8. The summed E-state index contributed by atoms with van der Waals surface area (Å²) < 4.78 is 5.35. The Morgan fingerprint density at radius 2 is 1.90 bits per heavy atom. The number of aryl methyl sites for hydroxylation is 1. The van der Waals surface area contributed by atoms with Gasteiger partial charge in [-0.15, -0.1) is 10.2 Å². The molecule has 6 nitrogen and oxygen atoms in total. The standard InChI is InChI=1S/C25H42N4O2/c1-16(14-29-27-17(2)26-28-29)22-7-8-23-21-6-5-18-13-25(30,15-31-4)12-10-19(18)20(21)9-11-24(22,23)3/h16,18-23,30H,5-15H2,1-4H3/t16?,18-,19-,20+,21+,22+,23-,24+,25+/m0/s1. The van der Waals surface area contributed by atoms with Crippen LogP contribution >= 0.6 is 0 Å². The summed E-state index contributed by atoms with van der Waals surface area (Å²) >= 11 is 0. The lowest BCUT2D eigenvalue weighted by atomic mass is 9.48. The number of rotatable bonds is 5. The summed E-state index contributed by atoms with van der Waals surface area (Å²) in [6.07, 6.45) is 11.3. The Bertz CT molecular complexity index is 783. The lowest BCUT2D eigenvalue weighted by molar-refractivity contribution is -0.126. The van der Waals surface area contributed by atoms with Crippen LogP contribution in [0.15, 0.2) is 0 Å². The summed E-state index contributed by atoms with van der Waals surface area (Å²) in [5.74, 6) is 6.33. The third-order valence-electron chi connectivity index (χ3n) is 10.3. The maximum atomic E-state index is 11.0. The van der Waals surface area contributed by atoms with Gasteiger partial charge in [-0.25, -0.2) is 0 Å². The molecule has 0 spiro atoms. The van der Waals surface area contributed by atoms with Gasteiger partial charge in [0, 0.05) is 7.11 Å². The van der Waals surface area contributed by atoms with E-state index in [1.165, 1.54) is 44.9 Å². The molecule has 6 heteroatoms. The second-order valence-electron chi connectivity index (χ2n) is 11.9. The number of ether oxygens (including phenoxy) is 1. The largest absolute Gasteiger partial charge is 0.387 e. The number of tetrazole rings is 1. The Balaban J connectivity index is 1.28. The highest BCUT2D eigenvalue weighted by atomic mass is 16.5. The van der Waals surface area contributed by atoms with Crippen molar-refractivity contribution < 1.29 is 9.84 Å². The number of hydrogen-bond donors (Lipinski definition) is 1. The molecule has 4 fully saturated rings. The van der Waals surface area contributed by atoms with E-state index >= 15 is 0 Å². The molecule has 1 N–H and O–H groups in total.